The van der Waals surface area contributed by atoms with Crippen LogP contribution in [0.25, 0.3) is 10.8 Å². The largest absolute Gasteiger partial charge is 0.327 e. The van der Waals surface area contributed by atoms with E-state index in [4.69, 9.17) is 17.3 Å². The fourth-order valence-electron chi connectivity index (χ4n) is 1.69. The monoisotopic (exact) mass is 298 g/mol. The van der Waals surface area contributed by atoms with Crippen molar-refractivity contribution in [3.05, 3.63) is 41.4 Å². The first-order valence-corrected chi connectivity index (χ1v) is 7.69. The molecule has 0 heterocycles. The molecule has 0 aliphatic carbocycles. The van der Waals surface area contributed by atoms with Crippen molar-refractivity contribution < 1.29 is 8.42 Å². The quantitative estimate of drug-likeness (QED) is 0.908. The van der Waals surface area contributed by atoms with Gasteiger partial charge in [0.25, 0.3) is 0 Å². The van der Waals surface area contributed by atoms with Crippen LogP contribution in [0.15, 0.2) is 41.3 Å². The molecule has 0 saturated carbocycles. The van der Waals surface area contributed by atoms with Gasteiger partial charge < -0.3 is 5.73 Å². The van der Waals surface area contributed by atoms with Crippen LogP contribution in [0, 0.1) is 0 Å². The van der Waals surface area contributed by atoms with Crippen LogP contribution in [-0.2, 0) is 10.0 Å². The van der Waals surface area contributed by atoms with Crippen LogP contribution >= 0.6 is 11.6 Å². The van der Waals surface area contributed by atoms with Gasteiger partial charge in [-0.15, -0.1) is 0 Å². The highest BCUT2D eigenvalue weighted by molar-refractivity contribution is 7.89. The average Bonchev–Trinajstić information content (AvgIpc) is 2.36. The lowest BCUT2D eigenvalue weighted by Crippen LogP contribution is -2.35. The number of hydrogen-bond donors (Lipinski definition) is 2. The van der Waals surface area contributed by atoms with Crippen molar-refractivity contribution >= 4 is 32.4 Å². The van der Waals surface area contributed by atoms with Crippen molar-refractivity contribution in [3.8, 4) is 0 Å². The number of nitrogens with one attached hydrogen (secondary N) is 1. The molecule has 0 aliphatic heterocycles. The molecule has 0 saturated heterocycles. The third-order valence-electron chi connectivity index (χ3n) is 2.68. The summed E-state index contributed by atoms with van der Waals surface area (Å²) in [7, 11) is -3.52. The molecule has 19 heavy (non-hydrogen) atoms. The Hall–Kier alpha value is -1.14. The molecule has 0 amide bonds. The molecule has 2 rings (SSSR count). The van der Waals surface area contributed by atoms with E-state index in [1.165, 1.54) is 0 Å². The zero-order valence-corrected chi connectivity index (χ0v) is 12.0. The molecule has 3 N–H and O–H groups in total. The first-order valence-electron chi connectivity index (χ1n) is 5.83. The van der Waals surface area contributed by atoms with Crippen LogP contribution in [-0.4, -0.2) is 21.0 Å². The van der Waals surface area contributed by atoms with E-state index in [0.29, 0.717) is 5.02 Å². The molecule has 1 atom stereocenters. The number of sulfonamides is 1. The summed E-state index contributed by atoms with van der Waals surface area (Å²) >= 11 is 5.89. The van der Waals surface area contributed by atoms with Crippen LogP contribution in [0.2, 0.25) is 5.02 Å². The van der Waals surface area contributed by atoms with E-state index >= 15 is 0 Å². The van der Waals surface area contributed by atoms with Crippen LogP contribution < -0.4 is 10.5 Å². The molecule has 4 nitrogen and oxygen atoms in total. The lowest BCUT2D eigenvalue weighted by Gasteiger charge is -2.09. The van der Waals surface area contributed by atoms with Gasteiger partial charge in [0.15, 0.2) is 0 Å². The lowest BCUT2D eigenvalue weighted by atomic mass is 10.1. The zero-order chi connectivity index (χ0) is 14.0. The van der Waals surface area contributed by atoms with Gasteiger partial charge in [0.05, 0.1) is 4.90 Å². The highest BCUT2D eigenvalue weighted by atomic mass is 35.5. The normalized spacial score (nSPS) is 13.6. The standard InChI is InChI=1S/C13H15ClN2O2S/c1-9(15)8-16-19(17,18)13-5-3-10-6-12(14)4-2-11(10)7-13/h2-7,9,16H,8,15H2,1H3. The second-order valence-electron chi connectivity index (χ2n) is 4.48. The predicted molar refractivity (Wildman–Crippen MR) is 77.8 cm³/mol. The fraction of sp³-hybridized carbons (Fsp3) is 0.231. The van der Waals surface area contributed by atoms with Gasteiger partial charge in [-0.3, -0.25) is 0 Å². The molecule has 102 valence electrons. The van der Waals surface area contributed by atoms with Crippen molar-refractivity contribution in [1.82, 2.24) is 4.72 Å². The molecule has 0 aromatic heterocycles. The summed E-state index contributed by atoms with van der Waals surface area (Å²) in [5.74, 6) is 0. The summed E-state index contributed by atoms with van der Waals surface area (Å²) in [6.07, 6.45) is 0. The number of nitrogens with two attached hydrogens (primary N) is 1. The van der Waals surface area contributed by atoms with Gasteiger partial charge in [-0.1, -0.05) is 23.7 Å². The van der Waals surface area contributed by atoms with Gasteiger partial charge in [-0.25, -0.2) is 13.1 Å². The van der Waals surface area contributed by atoms with Crippen molar-refractivity contribution in [1.29, 1.82) is 0 Å². The Morgan fingerprint density at radius 3 is 2.53 bits per heavy atom. The van der Waals surface area contributed by atoms with E-state index in [9.17, 15) is 8.42 Å². The number of hydrogen-bond acceptors (Lipinski definition) is 3. The molecular formula is C13H15ClN2O2S. The number of halogens is 1. The summed E-state index contributed by atoms with van der Waals surface area (Å²) in [5.41, 5.74) is 5.54. The number of rotatable bonds is 4. The molecule has 0 radical (unpaired) electrons. The summed E-state index contributed by atoms with van der Waals surface area (Å²) in [6, 6.07) is 10.0. The smallest absolute Gasteiger partial charge is 0.240 e. The maximum atomic E-state index is 12.1. The summed E-state index contributed by atoms with van der Waals surface area (Å²) in [5, 5.41) is 2.35. The Bertz CT molecular complexity index is 699. The Balaban J connectivity index is 2.38. The third kappa shape index (κ3) is 3.45. The van der Waals surface area contributed by atoms with Crippen molar-refractivity contribution in [3.63, 3.8) is 0 Å². The number of fused-ring (bicyclic) bond motifs is 1. The van der Waals surface area contributed by atoms with Crippen molar-refractivity contribution in [2.75, 3.05) is 6.54 Å². The molecule has 6 heteroatoms. The van der Waals surface area contributed by atoms with E-state index < -0.39 is 10.0 Å². The molecular weight excluding hydrogens is 284 g/mol. The Labute approximate surface area is 117 Å². The first-order chi connectivity index (χ1) is 8.88. The van der Waals surface area contributed by atoms with Gasteiger partial charge in [-0.2, -0.15) is 0 Å². The summed E-state index contributed by atoms with van der Waals surface area (Å²) < 4.78 is 26.6. The highest BCUT2D eigenvalue weighted by Gasteiger charge is 2.14. The van der Waals surface area contributed by atoms with E-state index in [1.807, 2.05) is 0 Å². The minimum Gasteiger partial charge on any atom is -0.327 e. The highest BCUT2D eigenvalue weighted by Crippen LogP contribution is 2.22. The van der Waals surface area contributed by atoms with Crippen molar-refractivity contribution in [2.45, 2.75) is 17.9 Å². The average molecular weight is 299 g/mol. The third-order valence-corrected chi connectivity index (χ3v) is 4.34. The Morgan fingerprint density at radius 1 is 1.21 bits per heavy atom. The summed E-state index contributed by atoms with van der Waals surface area (Å²) in [6.45, 7) is 1.95. The maximum Gasteiger partial charge on any atom is 0.240 e. The van der Waals surface area contributed by atoms with E-state index in [1.54, 1.807) is 43.3 Å². The Kier molecular flexibility index (Phi) is 4.10. The maximum absolute atomic E-state index is 12.1. The van der Waals surface area contributed by atoms with E-state index in [0.717, 1.165) is 10.8 Å². The molecule has 0 spiro atoms. The van der Waals surface area contributed by atoms with E-state index in [-0.39, 0.29) is 17.5 Å². The predicted octanol–water partition coefficient (Wildman–Crippen LogP) is 2.12. The first kappa shape index (κ1) is 14.3. The SMILES string of the molecule is CC(N)CNS(=O)(=O)c1ccc2cc(Cl)ccc2c1. The van der Waals surface area contributed by atoms with E-state index in [2.05, 4.69) is 4.72 Å². The fourth-order valence-corrected chi connectivity index (χ4v) is 3.05. The van der Waals surface area contributed by atoms with Gasteiger partial charge in [0.1, 0.15) is 0 Å². The van der Waals surface area contributed by atoms with Crippen LogP contribution in [0.5, 0.6) is 0 Å². The minimum atomic E-state index is -3.52. The second-order valence-corrected chi connectivity index (χ2v) is 6.69. The molecule has 1 unspecified atom stereocenters. The van der Waals surface area contributed by atoms with Crippen LogP contribution in [0.3, 0.4) is 0 Å². The Morgan fingerprint density at radius 2 is 1.84 bits per heavy atom. The summed E-state index contributed by atoms with van der Waals surface area (Å²) in [4.78, 5) is 0.225. The van der Waals surface area contributed by atoms with Gasteiger partial charge in [0.2, 0.25) is 10.0 Å². The molecule has 2 aromatic rings. The lowest BCUT2D eigenvalue weighted by molar-refractivity contribution is 0.574. The second kappa shape index (κ2) is 5.46. The number of benzene rings is 2. The zero-order valence-electron chi connectivity index (χ0n) is 10.4. The molecule has 0 fully saturated rings. The topological polar surface area (TPSA) is 72.2 Å². The molecule has 2 aromatic carbocycles. The molecule has 0 bridgehead atoms. The van der Waals surface area contributed by atoms with Gasteiger partial charge in [0, 0.05) is 17.6 Å². The van der Waals surface area contributed by atoms with Gasteiger partial charge >= 0.3 is 0 Å². The molecule has 0 aliphatic rings. The van der Waals surface area contributed by atoms with Crippen LogP contribution in [0.4, 0.5) is 0 Å². The van der Waals surface area contributed by atoms with Crippen molar-refractivity contribution in [2.24, 2.45) is 5.73 Å². The minimum absolute atomic E-state index is 0.209. The van der Waals surface area contributed by atoms with Gasteiger partial charge in [-0.05, 0) is 42.0 Å². The van der Waals surface area contributed by atoms with Crippen LogP contribution in [0.1, 0.15) is 6.92 Å².